The first-order valence-corrected chi connectivity index (χ1v) is 13.4. The molecule has 2 aromatic heterocycles. The number of aromatic nitrogens is 2. The molecule has 0 bridgehead atoms. The standard InChI is InChI=1S/C30H25N5S2/c1-21-14-16-22(17-15-21)29-25(20-34(33-29)24-11-6-3-7-12-24)27-19-26(28-13-8-18-37-28)32-35(27)30(36)31-23-9-4-2-5-10-23/h2-18,20,27H,19H2,1H3,(H,31,36). The smallest absolute Gasteiger partial charge is 0.194 e. The number of hydrogen-bond donors (Lipinski definition) is 1. The number of hydrogen-bond acceptors (Lipinski definition) is 4. The van der Waals surface area contributed by atoms with Crippen LogP contribution in [-0.4, -0.2) is 25.6 Å². The van der Waals surface area contributed by atoms with Crippen LogP contribution in [0.2, 0.25) is 0 Å². The van der Waals surface area contributed by atoms with Crippen molar-refractivity contribution in [2.45, 2.75) is 19.4 Å². The number of benzene rings is 3. The molecule has 5 aromatic rings. The fourth-order valence-electron chi connectivity index (χ4n) is 4.51. The zero-order valence-electron chi connectivity index (χ0n) is 20.3. The third kappa shape index (κ3) is 4.83. The van der Waals surface area contributed by atoms with Crippen LogP contribution in [0.25, 0.3) is 16.9 Å². The van der Waals surface area contributed by atoms with Crippen molar-refractivity contribution in [1.82, 2.24) is 14.8 Å². The topological polar surface area (TPSA) is 45.5 Å². The summed E-state index contributed by atoms with van der Waals surface area (Å²) >= 11 is 7.61. The Kier molecular flexibility index (Phi) is 6.39. The normalized spacial score (nSPS) is 15.0. The van der Waals surface area contributed by atoms with Crippen molar-refractivity contribution < 1.29 is 0 Å². The van der Waals surface area contributed by atoms with Gasteiger partial charge >= 0.3 is 0 Å². The average Bonchev–Trinajstić information content (AvgIpc) is 3.70. The van der Waals surface area contributed by atoms with Gasteiger partial charge in [-0.25, -0.2) is 9.69 Å². The second-order valence-electron chi connectivity index (χ2n) is 8.96. The van der Waals surface area contributed by atoms with E-state index in [2.05, 4.69) is 72.3 Å². The van der Waals surface area contributed by atoms with Gasteiger partial charge in [0.15, 0.2) is 5.11 Å². The summed E-state index contributed by atoms with van der Waals surface area (Å²) in [5, 5.41) is 18.1. The third-order valence-electron chi connectivity index (χ3n) is 6.40. The molecule has 37 heavy (non-hydrogen) atoms. The summed E-state index contributed by atoms with van der Waals surface area (Å²) < 4.78 is 1.96. The molecule has 1 atom stereocenters. The molecule has 1 aliphatic heterocycles. The number of thiocarbonyl (C=S) groups is 1. The van der Waals surface area contributed by atoms with Gasteiger partial charge in [-0.2, -0.15) is 10.2 Å². The van der Waals surface area contributed by atoms with Gasteiger partial charge in [-0.1, -0.05) is 72.3 Å². The summed E-state index contributed by atoms with van der Waals surface area (Å²) in [5.74, 6) is 0. The van der Waals surface area contributed by atoms with E-state index < -0.39 is 0 Å². The van der Waals surface area contributed by atoms with Crippen molar-refractivity contribution in [2.75, 3.05) is 5.32 Å². The van der Waals surface area contributed by atoms with Gasteiger partial charge in [0, 0.05) is 29.4 Å². The summed E-state index contributed by atoms with van der Waals surface area (Å²) in [4.78, 5) is 1.15. The molecule has 3 heterocycles. The van der Waals surface area contributed by atoms with E-state index in [0.29, 0.717) is 5.11 Å². The molecule has 7 heteroatoms. The van der Waals surface area contributed by atoms with Crippen molar-refractivity contribution >= 4 is 40.1 Å². The first kappa shape index (κ1) is 23.3. The summed E-state index contributed by atoms with van der Waals surface area (Å²) in [6, 6.07) is 32.8. The zero-order chi connectivity index (χ0) is 25.2. The highest BCUT2D eigenvalue weighted by molar-refractivity contribution is 7.80. The SMILES string of the molecule is Cc1ccc(-c2nn(-c3ccccc3)cc2C2CC(c3cccs3)=NN2C(=S)Nc2ccccc2)cc1. The first-order valence-electron chi connectivity index (χ1n) is 12.1. The molecule has 0 amide bonds. The molecular formula is C30H25N5S2. The monoisotopic (exact) mass is 519 g/mol. The summed E-state index contributed by atoms with van der Waals surface area (Å²) in [7, 11) is 0. The van der Waals surface area contributed by atoms with Crippen LogP contribution >= 0.6 is 23.6 Å². The second-order valence-corrected chi connectivity index (χ2v) is 10.3. The van der Waals surface area contributed by atoms with E-state index in [9.17, 15) is 0 Å². The summed E-state index contributed by atoms with van der Waals surface area (Å²) in [6.45, 7) is 2.10. The number of hydrazone groups is 1. The van der Waals surface area contributed by atoms with Crippen LogP contribution in [0, 0.1) is 6.92 Å². The first-order chi connectivity index (χ1) is 18.2. The molecule has 0 spiro atoms. The maximum Gasteiger partial charge on any atom is 0.194 e. The zero-order valence-corrected chi connectivity index (χ0v) is 21.9. The Bertz CT molecular complexity index is 1540. The van der Waals surface area contributed by atoms with Crippen molar-refractivity contribution in [2.24, 2.45) is 5.10 Å². The lowest BCUT2D eigenvalue weighted by Crippen LogP contribution is -2.31. The van der Waals surface area contributed by atoms with Crippen molar-refractivity contribution in [3.05, 3.63) is 125 Å². The highest BCUT2D eigenvalue weighted by atomic mass is 32.1. The maximum absolute atomic E-state index is 5.92. The molecule has 1 N–H and O–H groups in total. The van der Waals surface area contributed by atoms with E-state index in [4.69, 9.17) is 22.4 Å². The molecule has 3 aromatic carbocycles. The molecule has 0 saturated carbocycles. The van der Waals surface area contributed by atoms with Gasteiger partial charge in [-0.3, -0.25) is 0 Å². The lowest BCUT2D eigenvalue weighted by molar-refractivity contribution is 0.376. The van der Waals surface area contributed by atoms with Gasteiger partial charge in [0.05, 0.1) is 28.0 Å². The fraction of sp³-hybridized carbons (Fsp3) is 0.100. The highest BCUT2D eigenvalue weighted by Crippen LogP contribution is 2.39. The largest absolute Gasteiger partial charge is 0.331 e. The Morgan fingerprint density at radius 2 is 1.65 bits per heavy atom. The molecule has 6 rings (SSSR count). The Balaban J connectivity index is 1.44. The predicted octanol–water partition coefficient (Wildman–Crippen LogP) is 7.46. The number of nitrogens with one attached hydrogen (secondary N) is 1. The molecule has 1 unspecified atom stereocenters. The van der Waals surface area contributed by atoms with Crippen molar-refractivity contribution in [3.8, 4) is 16.9 Å². The van der Waals surface area contributed by atoms with Crippen LogP contribution in [0.1, 0.15) is 28.5 Å². The summed E-state index contributed by atoms with van der Waals surface area (Å²) in [5.41, 5.74) is 7.28. The maximum atomic E-state index is 5.92. The van der Waals surface area contributed by atoms with Crippen molar-refractivity contribution in [3.63, 3.8) is 0 Å². The minimum absolute atomic E-state index is 0.102. The number of nitrogens with zero attached hydrogens (tertiary/aromatic N) is 4. The molecule has 1 aliphatic rings. The van der Waals surface area contributed by atoms with E-state index in [1.54, 1.807) is 11.3 Å². The highest BCUT2D eigenvalue weighted by Gasteiger charge is 2.35. The number of thiophene rings is 1. The Hall–Kier alpha value is -4.07. The molecule has 0 saturated heterocycles. The van der Waals surface area contributed by atoms with E-state index in [1.165, 1.54) is 5.56 Å². The van der Waals surface area contributed by atoms with Crippen LogP contribution < -0.4 is 5.32 Å². The number of aryl methyl sites for hydroxylation is 1. The lowest BCUT2D eigenvalue weighted by Gasteiger charge is -2.24. The van der Waals surface area contributed by atoms with Crippen LogP contribution in [0.3, 0.4) is 0 Å². The third-order valence-corrected chi connectivity index (χ3v) is 7.60. The number of rotatable bonds is 5. The molecule has 0 fully saturated rings. The van der Waals surface area contributed by atoms with Gasteiger partial charge in [-0.15, -0.1) is 11.3 Å². The van der Waals surface area contributed by atoms with Gasteiger partial charge in [0.25, 0.3) is 0 Å². The Morgan fingerprint density at radius 1 is 0.919 bits per heavy atom. The van der Waals surface area contributed by atoms with Crippen LogP contribution in [-0.2, 0) is 0 Å². The lowest BCUT2D eigenvalue weighted by atomic mass is 9.98. The molecule has 0 radical (unpaired) electrons. The van der Waals surface area contributed by atoms with Gasteiger partial charge in [-0.05, 0) is 54.9 Å². The Labute approximate surface area is 225 Å². The fourth-order valence-corrected chi connectivity index (χ4v) is 5.52. The van der Waals surface area contributed by atoms with Crippen molar-refractivity contribution in [1.29, 1.82) is 0 Å². The van der Waals surface area contributed by atoms with E-state index in [-0.39, 0.29) is 6.04 Å². The van der Waals surface area contributed by atoms with Crippen LogP contribution in [0.4, 0.5) is 5.69 Å². The minimum atomic E-state index is -0.102. The average molecular weight is 520 g/mol. The number of anilines is 1. The van der Waals surface area contributed by atoms with Gasteiger partial charge < -0.3 is 5.32 Å². The van der Waals surface area contributed by atoms with Gasteiger partial charge in [0.1, 0.15) is 0 Å². The second kappa shape index (κ2) is 10.1. The molecular weight excluding hydrogens is 494 g/mol. The molecule has 0 aliphatic carbocycles. The van der Waals surface area contributed by atoms with Gasteiger partial charge in [0.2, 0.25) is 0 Å². The summed E-state index contributed by atoms with van der Waals surface area (Å²) in [6.07, 6.45) is 2.86. The van der Waals surface area contributed by atoms with E-state index in [1.807, 2.05) is 58.2 Å². The van der Waals surface area contributed by atoms with E-state index >= 15 is 0 Å². The van der Waals surface area contributed by atoms with Crippen LogP contribution in [0.15, 0.2) is 114 Å². The predicted molar refractivity (Wildman–Crippen MR) is 156 cm³/mol. The van der Waals surface area contributed by atoms with E-state index in [0.717, 1.165) is 45.2 Å². The minimum Gasteiger partial charge on any atom is -0.331 e. The van der Waals surface area contributed by atoms with Crippen LogP contribution in [0.5, 0.6) is 0 Å². The quantitative estimate of drug-likeness (QED) is 0.245. The molecule has 5 nitrogen and oxygen atoms in total. The molecule has 182 valence electrons. The Morgan fingerprint density at radius 3 is 2.35 bits per heavy atom. The number of para-hydroxylation sites is 2.